The molecule has 23 heavy (non-hydrogen) atoms. The number of urea groups is 1. The lowest BCUT2D eigenvalue weighted by atomic mass is 10.2. The summed E-state index contributed by atoms with van der Waals surface area (Å²) in [5.74, 6) is -0.572. The van der Waals surface area contributed by atoms with Gasteiger partial charge < -0.3 is 10.5 Å². The minimum atomic E-state index is -1.65. The third kappa shape index (κ3) is 5.36. The molecule has 0 heterocycles. The predicted molar refractivity (Wildman–Crippen MR) is 88.9 cm³/mol. The molecule has 1 unspecified atom stereocenters. The van der Waals surface area contributed by atoms with E-state index in [1.165, 1.54) is 24.3 Å². The van der Waals surface area contributed by atoms with Crippen LogP contribution in [0.4, 0.5) is 16.2 Å². The maximum atomic E-state index is 12.0. The molecule has 0 aliphatic heterocycles. The fourth-order valence-corrected chi connectivity index (χ4v) is 2.08. The number of carbonyl (C=O) groups is 2. The summed E-state index contributed by atoms with van der Waals surface area (Å²) in [6.45, 7) is 7.67. The maximum Gasteiger partial charge on any atom is 0.326 e. The molecule has 1 aromatic rings. The van der Waals surface area contributed by atoms with Crippen molar-refractivity contribution in [2.45, 2.75) is 32.3 Å². The van der Waals surface area contributed by atoms with Crippen LogP contribution in [-0.4, -0.2) is 37.3 Å². The lowest BCUT2D eigenvalue weighted by Crippen LogP contribution is -2.44. The molecule has 0 aliphatic carbocycles. The number of ether oxygens (including phenoxy) is 1. The molecule has 0 saturated carbocycles. The van der Waals surface area contributed by atoms with Gasteiger partial charge >= 0.3 is 12.0 Å². The standard InChI is InChI=1S/C14H21N3O5Si/c1-10(23(2,3)4)22-13(18)9-16(14(15)19)11-5-7-12(8-6-11)17(20)21/h5-8,10H,9H2,1-4H3,(H2,15,19). The van der Waals surface area contributed by atoms with Gasteiger partial charge in [0.2, 0.25) is 0 Å². The number of nitro benzene ring substituents is 1. The monoisotopic (exact) mass is 339 g/mol. The van der Waals surface area contributed by atoms with Gasteiger partial charge in [0.15, 0.2) is 0 Å². The summed E-state index contributed by atoms with van der Waals surface area (Å²) in [7, 11) is -1.65. The lowest BCUT2D eigenvalue weighted by Gasteiger charge is -2.26. The first kappa shape index (κ1) is 18.6. The topological polar surface area (TPSA) is 116 Å². The fourth-order valence-electron chi connectivity index (χ4n) is 1.59. The van der Waals surface area contributed by atoms with Crippen molar-refractivity contribution < 1.29 is 19.2 Å². The van der Waals surface area contributed by atoms with Gasteiger partial charge in [0.05, 0.1) is 18.7 Å². The first-order valence-corrected chi connectivity index (χ1v) is 10.6. The quantitative estimate of drug-likeness (QED) is 0.369. The van der Waals surface area contributed by atoms with E-state index in [1.54, 1.807) is 0 Å². The molecule has 126 valence electrons. The van der Waals surface area contributed by atoms with Crippen molar-refractivity contribution in [3.8, 4) is 0 Å². The van der Waals surface area contributed by atoms with Crippen molar-refractivity contribution in [1.82, 2.24) is 0 Å². The van der Waals surface area contributed by atoms with Crippen LogP contribution < -0.4 is 10.6 Å². The molecule has 2 amide bonds. The van der Waals surface area contributed by atoms with Crippen LogP contribution in [0.5, 0.6) is 0 Å². The van der Waals surface area contributed by atoms with Gasteiger partial charge in [-0.15, -0.1) is 0 Å². The molecule has 0 aromatic heterocycles. The zero-order chi connectivity index (χ0) is 17.8. The molecule has 2 N–H and O–H groups in total. The number of hydrogen-bond donors (Lipinski definition) is 1. The summed E-state index contributed by atoms with van der Waals surface area (Å²) < 4.78 is 5.34. The van der Waals surface area contributed by atoms with Crippen molar-refractivity contribution in [3.05, 3.63) is 34.4 Å². The third-order valence-electron chi connectivity index (χ3n) is 3.45. The predicted octanol–water partition coefficient (Wildman–Crippen LogP) is 2.29. The zero-order valence-corrected chi connectivity index (χ0v) is 14.6. The second-order valence-electron chi connectivity index (χ2n) is 6.20. The van der Waals surface area contributed by atoms with Crippen molar-refractivity contribution in [2.75, 3.05) is 11.4 Å². The Morgan fingerprint density at radius 2 is 1.83 bits per heavy atom. The van der Waals surface area contributed by atoms with E-state index < -0.39 is 25.0 Å². The number of nitro groups is 1. The molecule has 0 radical (unpaired) electrons. The van der Waals surface area contributed by atoms with E-state index >= 15 is 0 Å². The summed E-state index contributed by atoms with van der Waals surface area (Å²) in [5.41, 5.74) is 5.25. The summed E-state index contributed by atoms with van der Waals surface area (Å²) in [4.78, 5) is 34.7. The van der Waals surface area contributed by atoms with E-state index in [1.807, 2.05) is 6.92 Å². The van der Waals surface area contributed by atoms with E-state index in [4.69, 9.17) is 10.5 Å². The molecule has 0 fully saturated rings. The number of esters is 1. The largest absolute Gasteiger partial charge is 0.465 e. The molecule has 0 saturated heterocycles. The Morgan fingerprint density at radius 3 is 2.22 bits per heavy atom. The van der Waals surface area contributed by atoms with E-state index in [-0.39, 0.29) is 18.0 Å². The van der Waals surface area contributed by atoms with Crippen molar-refractivity contribution in [3.63, 3.8) is 0 Å². The number of nitrogens with two attached hydrogens (primary N) is 1. The van der Waals surface area contributed by atoms with Gasteiger partial charge in [-0.2, -0.15) is 0 Å². The number of carbonyl (C=O) groups excluding carboxylic acids is 2. The normalized spacial score (nSPS) is 12.3. The van der Waals surface area contributed by atoms with Gasteiger partial charge in [-0.3, -0.25) is 19.8 Å². The number of benzene rings is 1. The maximum absolute atomic E-state index is 12.0. The molecule has 0 bridgehead atoms. The molecule has 0 aliphatic rings. The number of hydrogen-bond acceptors (Lipinski definition) is 5. The SMILES string of the molecule is CC(OC(=O)CN(C(N)=O)c1ccc([N+](=O)[O-])cc1)[Si](C)(C)C. The Kier molecular flexibility index (Phi) is 5.85. The lowest BCUT2D eigenvalue weighted by molar-refractivity contribution is -0.384. The molecular weight excluding hydrogens is 318 g/mol. The molecular formula is C14H21N3O5Si. The fraction of sp³-hybridized carbons (Fsp3) is 0.429. The van der Waals surface area contributed by atoms with Crippen LogP contribution in [0, 0.1) is 10.1 Å². The van der Waals surface area contributed by atoms with Crippen molar-refractivity contribution >= 4 is 31.4 Å². The second-order valence-corrected chi connectivity index (χ2v) is 11.7. The van der Waals surface area contributed by atoms with Crippen LogP contribution in [0.25, 0.3) is 0 Å². The number of amides is 2. The second kappa shape index (κ2) is 7.23. The van der Waals surface area contributed by atoms with Gasteiger partial charge in [0, 0.05) is 17.8 Å². The van der Waals surface area contributed by atoms with Gasteiger partial charge in [-0.1, -0.05) is 19.6 Å². The minimum Gasteiger partial charge on any atom is -0.465 e. The number of non-ortho nitro benzene ring substituents is 1. The molecule has 9 heteroatoms. The summed E-state index contributed by atoms with van der Waals surface area (Å²) in [6.07, 6.45) is 0. The zero-order valence-electron chi connectivity index (χ0n) is 13.6. The Morgan fingerprint density at radius 1 is 1.30 bits per heavy atom. The summed E-state index contributed by atoms with van der Waals surface area (Å²) >= 11 is 0. The molecule has 0 spiro atoms. The van der Waals surface area contributed by atoms with Crippen LogP contribution in [0.3, 0.4) is 0 Å². The Hall–Kier alpha value is -2.42. The smallest absolute Gasteiger partial charge is 0.326 e. The Labute approximate surface area is 135 Å². The highest BCUT2D eigenvalue weighted by atomic mass is 28.3. The summed E-state index contributed by atoms with van der Waals surface area (Å²) in [6, 6.07) is 4.36. The van der Waals surface area contributed by atoms with E-state index in [2.05, 4.69) is 19.6 Å². The average molecular weight is 339 g/mol. The van der Waals surface area contributed by atoms with Crippen molar-refractivity contribution in [1.29, 1.82) is 0 Å². The van der Waals surface area contributed by atoms with Crippen LogP contribution in [0.15, 0.2) is 24.3 Å². The van der Waals surface area contributed by atoms with Crippen molar-refractivity contribution in [2.24, 2.45) is 5.73 Å². The highest BCUT2D eigenvalue weighted by Crippen LogP contribution is 2.19. The average Bonchev–Trinajstić information content (AvgIpc) is 2.43. The van der Waals surface area contributed by atoms with Gasteiger partial charge in [-0.05, 0) is 19.1 Å². The van der Waals surface area contributed by atoms with E-state index in [0.717, 1.165) is 4.90 Å². The number of rotatable bonds is 6. The first-order chi connectivity index (χ1) is 10.5. The van der Waals surface area contributed by atoms with E-state index in [0.29, 0.717) is 5.69 Å². The highest BCUT2D eigenvalue weighted by molar-refractivity contribution is 6.77. The third-order valence-corrected chi connectivity index (χ3v) is 6.01. The van der Waals surface area contributed by atoms with Crippen LogP contribution >= 0.6 is 0 Å². The van der Waals surface area contributed by atoms with Crippen LogP contribution in [-0.2, 0) is 9.53 Å². The Balaban J connectivity index is 2.85. The van der Waals surface area contributed by atoms with Gasteiger partial charge in [-0.25, -0.2) is 4.79 Å². The van der Waals surface area contributed by atoms with Gasteiger partial charge in [0.1, 0.15) is 6.54 Å². The van der Waals surface area contributed by atoms with Crippen LogP contribution in [0.1, 0.15) is 6.92 Å². The molecule has 1 rings (SSSR count). The molecule has 1 aromatic carbocycles. The first-order valence-electron chi connectivity index (χ1n) is 7.03. The molecule has 8 nitrogen and oxygen atoms in total. The number of primary amides is 1. The highest BCUT2D eigenvalue weighted by Gasteiger charge is 2.27. The Bertz CT molecular complexity index is 597. The summed E-state index contributed by atoms with van der Waals surface area (Å²) in [5, 5.41) is 10.6. The number of nitrogens with zero attached hydrogens (tertiary/aromatic N) is 2. The molecule has 1 atom stereocenters. The minimum absolute atomic E-state index is 0.117. The number of anilines is 1. The van der Waals surface area contributed by atoms with E-state index in [9.17, 15) is 19.7 Å². The van der Waals surface area contributed by atoms with Crippen LogP contribution in [0.2, 0.25) is 19.6 Å². The van der Waals surface area contributed by atoms with Gasteiger partial charge in [0.25, 0.3) is 5.69 Å².